The van der Waals surface area contributed by atoms with Gasteiger partial charge in [-0.3, -0.25) is 4.79 Å². The Bertz CT molecular complexity index is 651. The van der Waals surface area contributed by atoms with Crippen molar-refractivity contribution in [2.24, 2.45) is 5.92 Å². The van der Waals surface area contributed by atoms with E-state index < -0.39 is 0 Å². The molecule has 3 rings (SSSR count). The van der Waals surface area contributed by atoms with Crippen molar-refractivity contribution in [3.63, 3.8) is 0 Å². The summed E-state index contributed by atoms with van der Waals surface area (Å²) in [5.74, 6) is 1.60. The molecule has 1 aliphatic rings. The molecule has 0 bridgehead atoms. The molecular formula is C19H23NOS. The van der Waals surface area contributed by atoms with Gasteiger partial charge in [0.25, 0.3) is 0 Å². The molecule has 2 aromatic rings. The number of amides is 1. The molecule has 0 N–H and O–H groups in total. The van der Waals surface area contributed by atoms with Crippen molar-refractivity contribution in [1.82, 2.24) is 4.90 Å². The minimum Gasteiger partial charge on any atom is -0.342 e. The van der Waals surface area contributed by atoms with Crippen LogP contribution in [0.15, 0.2) is 47.4 Å². The standard InChI is InChI=1S/C19H23NOS/c1-2-11-20(13-15-7-8-15)19(21)14-22-18-10-9-16-5-3-4-6-17(16)12-18/h3-6,9-10,12,15H,2,7-8,11,13-14H2,1H3. The van der Waals surface area contributed by atoms with Crippen molar-refractivity contribution in [2.45, 2.75) is 31.1 Å². The van der Waals surface area contributed by atoms with Gasteiger partial charge in [0.15, 0.2) is 0 Å². The van der Waals surface area contributed by atoms with E-state index >= 15 is 0 Å². The van der Waals surface area contributed by atoms with Crippen molar-refractivity contribution in [3.05, 3.63) is 42.5 Å². The molecular weight excluding hydrogens is 290 g/mol. The molecule has 1 aliphatic carbocycles. The molecule has 0 spiro atoms. The van der Waals surface area contributed by atoms with E-state index in [0.29, 0.717) is 5.75 Å². The van der Waals surface area contributed by atoms with Crippen molar-refractivity contribution in [3.8, 4) is 0 Å². The number of benzene rings is 2. The summed E-state index contributed by atoms with van der Waals surface area (Å²) in [6, 6.07) is 14.8. The molecule has 3 heteroatoms. The van der Waals surface area contributed by atoms with Crippen LogP contribution < -0.4 is 0 Å². The first-order chi connectivity index (χ1) is 10.8. The Labute approximate surface area is 136 Å². The largest absolute Gasteiger partial charge is 0.342 e. The van der Waals surface area contributed by atoms with Gasteiger partial charge in [0, 0.05) is 18.0 Å². The molecule has 2 nitrogen and oxygen atoms in total. The van der Waals surface area contributed by atoms with Gasteiger partial charge < -0.3 is 4.90 Å². The third-order valence-corrected chi connectivity index (χ3v) is 5.08. The highest BCUT2D eigenvalue weighted by atomic mass is 32.2. The van der Waals surface area contributed by atoms with E-state index in [9.17, 15) is 4.79 Å². The number of fused-ring (bicyclic) bond motifs is 1. The van der Waals surface area contributed by atoms with Crippen molar-refractivity contribution >= 4 is 28.4 Å². The summed E-state index contributed by atoms with van der Waals surface area (Å²) in [7, 11) is 0. The summed E-state index contributed by atoms with van der Waals surface area (Å²) in [6.07, 6.45) is 3.63. The van der Waals surface area contributed by atoms with Crippen LogP contribution in [0.5, 0.6) is 0 Å². The van der Waals surface area contributed by atoms with Crippen molar-refractivity contribution in [2.75, 3.05) is 18.8 Å². The fraction of sp³-hybridized carbons (Fsp3) is 0.421. The summed E-state index contributed by atoms with van der Waals surface area (Å²) in [5, 5.41) is 2.49. The second-order valence-electron chi connectivity index (χ2n) is 6.08. The monoisotopic (exact) mass is 313 g/mol. The molecule has 0 aliphatic heterocycles. The first-order valence-electron chi connectivity index (χ1n) is 8.15. The van der Waals surface area contributed by atoms with E-state index in [2.05, 4.69) is 54.3 Å². The highest BCUT2D eigenvalue weighted by Gasteiger charge is 2.26. The van der Waals surface area contributed by atoms with E-state index in [1.807, 2.05) is 0 Å². The maximum Gasteiger partial charge on any atom is 0.232 e. The number of thioether (sulfide) groups is 1. The number of nitrogens with zero attached hydrogens (tertiary/aromatic N) is 1. The Hall–Kier alpha value is -1.48. The van der Waals surface area contributed by atoms with Gasteiger partial charge in [-0.2, -0.15) is 0 Å². The van der Waals surface area contributed by atoms with Crippen molar-refractivity contribution < 1.29 is 4.79 Å². The summed E-state index contributed by atoms with van der Waals surface area (Å²) in [5.41, 5.74) is 0. The lowest BCUT2D eigenvalue weighted by Gasteiger charge is -2.21. The number of hydrogen-bond acceptors (Lipinski definition) is 2. The number of carbonyl (C=O) groups excluding carboxylic acids is 1. The van der Waals surface area contributed by atoms with Gasteiger partial charge in [-0.25, -0.2) is 0 Å². The Morgan fingerprint density at radius 2 is 1.95 bits per heavy atom. The smallest absolute Gasteiger partial charge is 0.232 e. The Morgan fingerprint density at radius 3 is 2.68 bits per heavy atom. The fourth-order valence-corrected chi connectivity index (χ4v) is 3.54. The van der Waals surface area contributed by atoms with Crippen LogP contribution in [0, 0.1) is 5.92 Å². The molecule has 1 amide bonds. The predicted octanol–water partition coefficient (Wildman–Crippen LogP) is 4.58. The zero-order valence-corrected chi connectivity index (χ0v) is 13.9. The molecule has 0 radical (unpaired) electrons. The third kappa shape index (κ3) is 4.04. The van der Waals surface area contributed by atoms with E-state index in [1.54, 1.807) is 11.8 Å². The average molecular weight is 313 g/mol. The highest BCUT2D eigenvalue weighted by molar-refractivity contribution is 8.00. The van der Waals surface area contributed by atoms with Crippen LogP contribution in [-0.2, 0) is 4.79 Å². The van der Waals surface area contributed by atoms with Crippen LogP contribution in [0.4, 0.5) is 0 Å². The normalized spacial score (nSPS) is 14.2. The van der Waals surface area contributed by atoms with Gasteiger partial charge in [0.05, 0.1) is 5.75 Å². The summed E-state index contributed by atoms with van der Waals surface area (Å²) in [4.78, 5) is 15.7. The molecule has 0 saturated heterocycles. The second kappa shape index (κ2) is 7.19. The van der Waals surface area contributed by atoms with Gasteiger partial charge >= 0.3 is 0 Å². The molecule has 116 valence electrons. The van der Waals surface area contributed by atoms with Gasteiger partial charge in [-0.05, 0) is 48.1 Å². The lowest BCUT2D eigenvalue weighted by atomic mass is 10.1. The first-order valence-corrected chi connectivity index (χ1v) is 9.14. The average Bonchev–Trinajstić information content (AvgIpc) is 3.36. The number of rotatable bonds is 7. The van der Waals surface area contributed by atoms with Crippen LogP contribution in [-0.4, -0.2) is 29.6 Å². The van der Waals surface area contributed by atoms with Crippen LogP contribution in [0.2, 0.25) is 0 Å². The second-order valence-corrected chi connectivity index (χ2v) is 7.13. The van der Waals surface area contributed by atoms with Crippen LogP contribution >= 0.6 is 11.8 Å². The Balaban J connectivity index is 1.60. The van der Waals surface area contributed by atoms with Gasteiger partial charge in [0.1, 0.15) is 0 Å². The predicted molar refractivity (Wildman–Crippen MR) is 94.3 cm³/mol. The maximum atomic E-state index is 12.4. The van der Waals surface area contributed by atoms with E-state index in [0.717, 1.165) is 25.4 Å². The molecule has 1 fully saturated rings. The van der Waals surface area contributed by atoms with Crippen LogP contribution in [0.1, 0.15) is 26.2 Å². The molecule has 1 saturated carbocycles. The van der Waals surface area contributed by atoms with Gasteiger partial charge in [0.2, 0.25) is 5.91 Å². The summed E-state index contributed by atoms with van der Waals surface area (Å²) >= 11 is 1.65. The molecule has 2 aromatic carbocycles. The topological polar surface area (TPSA) is 20.3 Å². The van der Waals surface area contributed by atoms with E-state index in [-0.39, 0.29) is 5.91 Å². The molecule has 22 heavy (non-hydrogen) atoms. The maximum absolute atomic E-state index is 12.4. The van der Waals surface area contributed by atoms with Crippen molar-refractivity contribution in [1.29, 1.82) is 0 Å². The Kier molecular flexibility index (Phi) is 5.04. The van der Waals surface area contributed by atoms with E-state index in [4.69, 9.17) is 0 Å². The molecule has 0 heterocycles. The SMILES string of the molecule is CCCN(CC1CC1)C(=O)CSc1ccc2ccccc2c1. The van der Waals surface area contributed by atoms with Crippen LogP contribution in [0.3, 0.4) is 0 Å². The third-order valence-electron chi connectivity index (χ3n) is 4.10. The van der Waals surface area contributed by atoms with Gasteiger partial charge in [-0.1, -0.05) is 37.3 Å². The number of carbonyl (C=O) groups is 1. The van der Waals surface area contributed by atoms with Crippen LogP contribution in [0.25, 0.3) is 10.8 Å². The first kappa shape index (κ1) is 15.4. The minimum absolute atomic E-state index is 0.284. The van der Waals surface area contributed by atoms with E-state index in [1.165, 1.54) is 28.5 Å². The molecule has 0 aromatic heterocycles. The summed E-state index contributed by atoms with van der Waals surface area (Å²) in [6.45, 7) is 4.00. The fourth-order valence-electron chi connectivity index (χ4n) is 2.69. The lowest BCUT2D eigenvalue weighted by Crippen LogP contribution is -2.34. The quantitative estimate of drug-likeness (QED) is 0.697. The minimum atomic E-state index is 0.284. The lowest BCUT2D eigenvalue weighted by molar-refractivity contribution is -0.128. The number of hydrogen-bond donors (Lipinski definition) is 0. The zero-order valence-electron chi connectivity index (χ0n) is 13.1. The zero-order chi connectivity index (χ0) is 15.4. The molecule has 0 atom stereocenters. The highest BCUT2D eigenvalue weighted by Crippen LogP contribution is 2.30. The Morgan fingerprint density at radius 1 is 1.18 bits per heavy atom. The molecule has 0 unspecified atom stereocenters. The van der Waals surface area contributed by atoms with Gasteiger partial charge in [-0.15, -0.1) is 11.8 Å². The summed E-state index contributed by atoms with van der Waals surface area (Å²) < 4.78 is 0.